The zero-order chi connectivity index (χ0) is 23.8. The van der Waals surface area contributed by atoms with Crippen molar-refractivity contribution in [2.24, 2.45) is 0 Å². The van der Waals surface area contributed by atoms with Crippen LogP contribution in [0.4, 0.5) is 14.6 Å². The van der Waals surface area contributed by atoms with Gasteiger partial charge in [0.15, 0.2) is 0 Å². The molecule has 3 aliphatic rings. The normalized spacial score (nSPS) is 25.6. The van der Waals surface area contributed by atoms with E-state index in [1.165, 1.54) is 6.07 Å². The molecule has 0 spiro atoms. The third-order valence-corrected chi connectivity index (χ3v) is 8.58. The third-order valence-electron chi connectivity index (χ3n) is 7.86. The molecule has 0 unspecified atom stereocenters. The topological polar surface area (TPSA) is 63.1 Å². The minimum Gasteiger partial charge on any atom is -0.363 e. The van der Waals surface area contributed by atoms with Gasteiger partial charge in [0.2, 0.25) is 0 Å². The second kappa shape index (κ2) is 7.55. The van der Waals surface area contributed by atoms with Crippen LogP contribution >= 0.6 is 15.9 Å². The molecule has 4 heterocycles. The van der Waals surface area contributed by atoms with E-state index in [4.69, 9.17) is 0 Å². The molecule has 0 radical (unpaired) electrons. The van der Waals surface area contributed by atoms with Gasteiger partial charge in [-0.1, -0.05) is 18.2 Å². The molecule has 2 fully saturated rings. The van der Waals surface area contributed by atoms with Crippen LogP contribution in [0.3, 0.4) is 0 Å². The Morgan fingerprint density at radius 1 is 1.18 bits per heavy atom. The first-order valence-corrected chi connectivity index (χ1v) is 12.6. The number of piperidine rings is 1. The highest BCUT2D eigenvalue weighted by Crippen LogP contribution is 2.44. The van der Waals surface area contributed by atoms with Gasteiger partial charge < -0.3 is 14.8 Å². The first-order valence-electron chi connectivity index (χ1n) is 11.8. The summed E-state index contributed by atoms with van der Waals surface area (Å²) in [5, 5.41) is 4.21. The molecule has 1 atom stereocenters. The lowest BCUT2D eigenvalue weighted by Crippen LogP contribution is -2.40. The van der Waals surface area contributed by atoms with Crippen LogP contribution in [-0.2, 0) is 17.9 Å². The lowest BCUT2D eigenvalue weighted by atomic mass is 9.94. The van der Waals surface area contributed by atoms with Crippen LogP contribution in [0.5, 0.6) is 0 Å². The van der Waals surface area contributed by atoms with E-state index in [0.29, 0.717) is 28.1 Å². The molecule has 2 aromatic heterocycles. The highest BCUT2D eigenvalue weighted by atomic mass is 79.9. The monoisotopic (exact) mass is 529 g/mol. The highest BCUT2D eigenvalue weighted by Gasteiger charge is 2.46. The van der Waals surface area contributed by atoms with Gasteiger partial charge in [-0.15, -0.1) is 0 Å². The number of alkyl halides is 2. The Kier molecular flexibility index (Phi) is 4.91. The number of hydrogen-bond donors (Lipinski definition) is 1. The smallest absolute Gasteiger partial charge is 0.273 e. The standard InChI is InChI=1S/C25H26BrF2N5O/c1-14(16-4-3-5-19-17(16)6-7-25(19,27)28)29-22-18-12-33(24-8-10-32(13-24)11-9-24)23(34)20(26)21(18)30-15(2)31-22/h3-5,12,14H,6-11,13H2,1-2H3,(H,29,30,31)/t14-/m0/s1. The number of nitrogens with zero attached hydrogens (tertiary/aromatic N) is 4. The van der Waals surface area contributed by atoms with E-state index in [1.54, 1.807) is 13.0 Å². The molecule has 178 valence electrons. The predicted octanol–water partition coefficient (Wildman–Crippen LogP) is 4.88. The number of fused-ring (bicyclic) bond motifs is 4. The number of rotatable bonds is 4. The maximum atomic E-state index is 14.3. The van der Waals surface area contributed by atoms with Crippen molar-refractivity contribution in [3.8, 4) is 0 Å². The van der Waals surface area contributed by atoms with Crippen LogP contribution in [0.15, 0.2) is 33.7 Å². The van der Waals surface area contributed by atoms with Gasteiger partial charge in [0, 0.05) is 37.8 Å². The van der Waals surface area contributed by atoms with E-state index in [1.807, 2.05) is 23.8 Å². The van der Waals surface area contributed by atoms with Crippen molar-refractivity contribution in [1.82, 2.24) is 19.4 Å². The number of aryl methyl sites for hydroxylation is 1. The Labute approximate surface area is 204 Å². The largest absolute Gasteiger partial charge is 0.363 e. The maximum absolute atomic E-state index is 14.3. The van der Waals surface area contributed by atoms with E-state index >= 15 is 0 Å². The fourth-order valence-electron chi connectivity index (χ4n) is 6.08. The molecule has 6 rings (SSSR count). The van der Waals surface area contributed by atoms with E-state index in [9.17, 15) is 13.6 Å². The average molecular weight is 530 g/mol. The Morgan fingerprint density at radius 2 is 1.94 bits per heavy atom. The van der Waals surface area contributed by atoms with Gasteiger partial charge >= 0.3 is 0 Å². The van der Waals surface area contributed by atoms with E-state index in [0.717, 1.165) is 49.0 Å². The van der Waals surface area contributed by atoms with Crippen molar-refractivity contribution in [2.45, 2.75) is 57.0 Å². The minimum atomic E-state index is -2.78. The van der Waals surface area contributed by atoms with E-state index in [-0.39, 0.29) is 29.1 Å². The molecule has 1 aromatic carbocycles. The van der Waals surface area contributed by atoms with Gasteiger partial charge in [0.1, 0.15) is 16.1 Å². The first-order chi connectivity index (χ1) is 16.2. The van der Waals surface area contributed by atoms with Crippen LogP contribution in [0.2, 0.25) is 0 Å². The highest BCUT2D eigenvalue weighted by molar-refractivity contribution is 9.10. The lowest BCUT2D eigenvalue weighted by Gasteiger charge is -2.29. The van der Waals surface area contributed by atoms with E-state index in [2.05, 4.69) is 36.1 Å². The zero-order valence-electron chi connectivity index (χ0n) is 19.2. The number of anilines is 1. The summed E-state index contributed by atoms with van der Waals surface area (Å²) in [4.78, 5) is 25.0. The second-order valence-corrected chi connectivity index (χ2v) is 10.7. The first kappa shape index (κ1) is 22.1. The number of halogens is 3. The SMILES string of the molecule is Cc1nc(N[C@@H](C)c2cccc3c2CCC3(F)F)c2cn(C34CCN(CC3)C4)c(=O)c(Br)c2n1. The summed E-state index contributed by atoms with van der Waals surface area (Å²) in [7, 11) is 0. The molecular formula is C25H26BrF2N5O. The second-order valence-electron chi connectivity index (χ2n) is 9.94. The summed E-state index contributed by atoms with van der Waals surface area (Å²) in [6, 6.07) is 4.90. The summed E-state index contributed by atoms with van der Waals surface area (Å²) in [6.45, 7) is 6.63. The van der Waals surface area contributed by atoms with Crippen LogP contribution in [0.1, 0.15) is 54.7 Å². The van der Waals surface area contributed by atoms with Crippen molar-refractivity contribution in [1.29, 1.82) is 0 Å². The number of nitrogens with one attached hydrogen (secondary N) is 1. The molecule has 0 saturated carbocycles. The molecule has 2 saturated heterocycles. The van der Waals surface area contributed by atoms with Gasteiger partial charge in [-0.25, -0.2) is 18.7 Å². The average Bonchev–Trinajstić information content (AvgIpc) is 3.50. The molecule has 2 bridgehead atoms. The van der Waals surface area contributed by atoms with Crippen LogP contribution in [0, 0.1) is 6.92 Å². The van der Waals surface area contributed by atoms with Crippen molar-refractivity contribution in [3.63, 3.8) is 0 Å². The van der Waals surface area contributed by atoms with Crippen LogP contribution < -0.4 is 10.9 Å². The van der Waals surface area contributed by atoms with Gasteiger partial charge in [-0.3, -0.25) is 4.79 Å². The van der Waals surface area contributed by atoms with Gasteiger partial charge in [0.05, 0.1) is 22.5 Å². The fourth-order valence-corrected chi connectivity index (χ4v) is 6.57. The fraction of sp³-hybridized carbons (Fsp3) is 0.480. The Hall–Kier alpha value is -2.39. The van der Waals surface area contributed by atoms with E-state index < -0.39 is 5.92 Å². The third kappa shape index (κ3) is 3.23. The summed E-state index contributed by atoms with van der Waals surface area (Å²) in [6.07, 6.45) is 4.00. The molecule has 9 heteroatoms. The van der Waals surface area contributed by atoms with Crippen molar-refractivity contribution >= 4 is 32.7 Å². The van der Waals surface area contributed by atoms with Gasteiger partial charge in [-0.05, 0) is 60.2 Å². The number of hydrogen-bond acceptors (Lipinski definition) is 5. The molecular weight excluding hydrogens is 504 g/mol. The minimum absolute atomic E-state index is 0.0727. The van der Waals surface area contributed by atoms with Crippen LogP contribution in [0.25, 0.3) is 10.9 Å². The number of benzene rings is 1. The number of aromatic nitrogens is 3. The van der Waals surface area contributed by atoms with Crippen LogP contribution in [-0.4, -0.2) is 39.1 Å². The van der Waals surface area contributed by atoms with Crippen molar-refractivity contribution < 1.29 is 8.78 Å². The van der Waals surface area contributed by atoms with Crippen molar-refractivity contribution in [3.05, 3.63) is 61.7 Å². The molecule has 34 heavy (non-hydrogen) atoms. The molecule has 0 amide bonds. The Morgan fingerprint density at radius 3 is 2.65 bits per heavy atom. The maximum Gasteiger partial charge on any atom is 0.273 e. The van der Waals surface area contributed by atoms with Gasteiger partial charge in [0.25, 0.3) is 11.5 Å². The number of pyridine rings is 1. The summed E-state index contributed by atoms with van der Waals surface area (Å²) < 4.78 is 31.0. The molecule has 3 aromatic rings. The quantitative estimate of drug-likeness (QED) is 0.521. The lowest BCUT2D eigenvalue weighted by molar-refractivity contribution is -0.00184. The van der Waals surface area contributed by atoms with Gasteiger partial charge in [-0.2, -0.15) is 0 Å². The predicted molar refractivity (Wildman–Crippen MR) is 131 cm³/mol. The molecule has 1 aliphatic carbocycles. The Balaban J connectivity index is 1.46. The molecule has 1 N–H and O–H groups in total. The summed E-state index contributed by atoms with van der Waals surface area (Å²) in [5.41, 5.74) is 2.00. The zero-order valence-corrected chi connectivity index (χ0v) is 20.8. The molecule has 2 aliphatic heterocycles. The summed E-state index contributed by atoms with van der Waals surface area (Å²) in [5.74, 6) is -1.63. The Bertz CT molecular complexity index is 1380. The summed E-state index contributed by atoms with van der Waals surface area (Å²) >= 11 is 3.53. The van der Waals surface area contributed by atoms with Crippen molar-refractivity contribution in [2.75, 3.05) is 25.0 Å². The molecule has 6 nitrogen and oxygen atoms in total.